The lowest BCUT2D eigenvalue weighted by Gasteiger charge is -2.46. The standard InChI is InChI=1S/C18H30N4/c1-4-9-15-18(2,3)11-8-12-21(15)14-17-20-19-16-10-6-5-7-13-22(16)17/h4,15H,1,5-14H2,2-3H3/t15-/m0/s1. The molecule has 1 saturated heterocycles. The normalized spacial score (nSPS) is 25.5. The van der Waals surface area contributed by atoms with Gasteiger partial charge in [0.1, 0.15) is 11.6 Å². The zero-order valence-corrected chi connectivity index (χ0v) is 14.2. The number of hydrogen-bond acceptors (Lipinski definition) is 3. The van der Waals surface area contributed by atoms with Crippen LogP contribution in [0.2, 0.25) is 0 Å². The SMILES string of the molecule is C=CC[C@@H]1N(Cc2nnc3n2CCCCC3)CCCC1(C)C. The third-order valence-corrected chi connectivity index (χ3v) is 5.53. The van der Waals surface area contributed by atoms with Crippen molar-refractivity contribution in [3.63, 3.8) is 0 Å². The van der Waals surface area contributed by atoms with Gasteiger partial charge in [-0.1, -0.05) is 26.3 Å². The van der Waals surface area contributed by atoms with Crippen LogP contribution in [0.3, 0.4) is 0 Å². The molecular formula is C18H30N4. The highest BCUT2D eigenvalue weighted by molar-refractivity contribution is 5.01. The van der Waals surface area contributed by atoms with E-state index in [1.54, 1.807) is 0 Å². The highest BCUT2D eigenvalue weighted by Crippen LogP contribution is 2.37. The van der Waals surface area contributed by atoms with Crippen molar-refractivity contribution >= 4 is 0 Å². The zero-order chi connectivity index (χ0) is 15.6. The zero-order valence-electron chi connectivity index (χ0n) is 14.2. The van der Waals surface area contributed by atoms with Crippen molar-refractivity contribution in [3.05, 3.63) is 24.3 Å². The lowest BCUT2D eigenvalue weighted by molar-refractivity contribution is 0.0307. The molecule has 22 heavy (non-hydrogen) atoms. The smallest absolute Gasteiger partial charge is 0.147 e. The van der Waals surface area contributed by atoms with E-state index < -0.39 is 0 Å². The molecule has 1 atom stereocenters. The van der Waals surface area contributed by atoms with E-state index in [-0.39, 0.29) is 0 Å². The summed E-state index contributed by atoms with van der Waals surface area (Å²) < 4.78 is 2.39. The first-order valence-electron chi connectivity index (χ1n) is 8.88. The highest BCUT2D eigenvalue weighted by atomic mass is 15.3. The van der Waals surface area contributed by atoms with Crippen molar-refractivity contribution in [2.45, 2.75) is 77.9 Å². The van der Waals surface area contributed by atoms with Gasteiger partial charge in [0.25, 0.3) is 0 Å². The largest absolute Gasteiger partial charge is 0.314 e. The lowest BCUT2D eigenvalue weighted by atomic mass is 9.75. The fraction of sp³-hybridized carbons (Fsp3) is 0.778. The summed E-state index contributed by atoms with van der Waals surface area (Å²) in [6.07, 6.45) is 10.7. The summed E-state index contributed by atoms with van der Waals surface area (Å²) in [5, 5.41) is 8.98. The Hall–Kier alpha value is -1.16. The first-order chi connectivity index (χ1) is 10.6. The van der Waals surface area contributed by atoms with Crippen molar-refractivity contribution in [3.8, 4) is 0 Å². The predicted octanol–water partition coefficient (Wildman–Crippen LogP) is 3.57. The monoisotopic (exact) mass is 302 g/mol. The van der Waals surface area contributed by atoms with Crippen LogP contribution in [-0.4, -0.2) is 32.3 Å². The third-order valence-electron chi connectivity index (χ3n) is 5.53. The Morgan fingerprint density at radius 1 is 1.18 bits per heavy atom. The molecule has 0 aliphatic carbocycles. The van der Waals surface area contributed by atoms with Gasteiger partial charge in [0.2, 0.25) is 0 Å². The fourth-order valence-electron chi connectivity index (χ4n) is 4.21. The third kappa shape index (κ3) is 3.12. The van der Waals surface area contributed by atoms with E-state index >= 15 is 0 Å². The summed E-state index contributed by atoms with van der Waals surface area (Å²) in [4.78, 5) is 2.62. The van der Waals surface area contributed by atoms with Crippen molar-refractivity contribution in [2.75, 3.05) is 6.54 Å². The van der Waals surface area contributed by atoms with Gasteiger partial charge in [0.15, 0.2) is 0 Å². The van der Waals surface area contributed by atoms with Gasteiger partial charge >= 0.3 is 0 Å². The molecule has 2 aliphatic heterocycles. The number of hydrogen-bond donors (Lipinski definition) is 0. The van der Waals surface area contributed by atoms with Crippen LogP contribution < -0.4 is 0 Å². The van der Waals surface area contributed by atoms with Crippen LogP contribution in [0.25, 0.3) is 0 Å². The van der Waals surface area contributed by atoms with Crippen LogP contribution in [0.5, 0.6) is 0 Å². The molecule has 0 spiro atoms. The van der Waals surface area contributed by atoms with Crippen LogP contribution >= 0.6 is 0 Å². The molecule has 3 rings (SSSR count). The van der Waals surface area contributed by atoms with Crippen LogP contribution in [-0.2, 0) is 19.5 Å². The van der Waals surface area contributed by atoms with Gasteiger partial charge in [0, 0.05) is 19.0 Å². The summed E-state index contributed by atoms with van der Waals surface area (Å²) in [6, 6.07) is 0.567. The number of nitrogens with zero attached hydrogens (tertiary/aromatic N) is 4. The molecule has 122 valence electrons. The minimum atomic E-state index is 0.355. The maximum absolute atomic E-state index is 4.52. The summed E-state index contributed by atoms with van der Waals surface area (Å²) in [6.45, 7) is 12.0. The van der Waals surface area contributed by atoms with Gasteiger partial charge in [0.05, 0.1) is 6.54 Å². The quantitative estimate of drug-likeness (QED) is 0.797. The Bertz CT molecular complexity index is 517. The molecule has 0 N–H and O–H groups in total. The van der Waals surface area contributed by atoms with Crippen LogP contribution in [0.4, 0.5) is 0 Å². The van der Waals surface area contributed by atoms with Gasteiger partial charge in [-0.2, -0.15) is 0 Å². The molecule has 4 nitrogen and oxygen atoms in total. The molecule has 0 amide bonds. The minimum absolute atomic E-state index is 0.355. The van der Waals surface area contributed by atoms with Gasteiger partial charge in [-0.05, 0) is 44.1 Å². The molecule has 4 heteroatoms. The van der Waals surface area contributed by atoms with E-state index in [9.17, 15) is 0 Å². The van der Waals surface area contributed by atoms with E-state index in [0.717, 1.165) is 25.9 Å². The second-order valence-electron chi connectivity index (χ2n) is 7.60. The minimum Gasteiger partial charge on any atom is -0.314 e. The topological polar surface area (TPSA) is 34.0 Å². The summed E-state index contributed by atoms with van der Waals surface area (Å²) in [5.41, 5.74) is 0.355. The molecular weight excluding hydrogens is 272 g/mol. The predicted molar refractivity (Wildman–Crippen MR) is 89.6 cm³/mol. The first kappa shape index (κ1) is 15.7. The Morgan fingerprint density at radius 2 is 2.05 bits per heavy atom. The van der Waals surface area contributed by atoms with Crippen LogP contribution in [0.15, 0.2) is 12.7 Å². The number of aromatic nitrogens is 3. The lowest BCUT2D eigenvalue weighted by Crippen LogP contribution is -2.49. The van der Waals surface area contributed by atoms with Crippen LogP contribution in [0.1, 0.15) is 64.0 Å². The molecule has 1 aromatic heterocycles. The maximum atomic E-state index is 4.52. The molecule has 1 fully saturated rings. The molecule has 2 aliphatic rings. The summed E-state index contributed by atoms with van der Waals surface area (Å²) >= 11 is 0. The average Bonchev–Trinajstić information content (AvgIpc) is 2.71. The molecule has 0 unspecified atom stereocenters. The van der Waals surface area contributed by atoms with E-state index in [1.165, 1.54) is 50.3 Å². The van der Waals surface area contributed by atoms with Crippen molar-refractivity contribution < 1.29 is 0 Å². The molecule has 0 aromatic carbocycles. The molecule has 0 bridgehead atoms. The number of piperidine rings is 1. The molecule has 3 heterocycles. The van der Waals surface area contributed by atoms with Gasteiger partial charge in [-0.3, -0.25) is 4.90 Å². The van der Waals surface area contributed by atoms with Crippen molar-refractivity contribution in [1.82, 2.24) is 19.7 Å². The summed E-state index contributed by atoms with van der Waals surface area (Å²) in [7, 11) is 0. The number of rotatable bonds is 4. The van der Waals surface area contributed by atoms with Gasteiger partial charge in [-0.25, -0.2) is 0 Å². The van der Waals surface area contributed by atoms with Crippen molar-refractivity contribution in [1.29, 1.82) is 0 Å². The number of fused-ring (bicyclic) bond motifs is 1. The Kier molecular flexibility index (Phi) is 4.67. The van der Waals surface area contributed by atoms with E-state index in [2.05, 4.69) is 46.2 Å². The van der Waals surface area contributed by atoms with Gasteiger partial charge in [-0.15, -0.1) is 16.8 Å². The maximum Gasteiger partial charge on any atom is 0.147 e. The molecule has 1 aromatic rings. The van der Waals surface area contributed by atoms with Gasteiger partial charge < -0.3 is 4.57 Å². The van der Waals surface area contributed by atoms with Crippen LogP contribution in [0, 0.1) is 5.41 Å². The van der Waals surface area contributed by atoms with E-state index in [0.29, 0.717) is 11.5 Å². The highest BCUT2D eigenvalue weighted by Gasteiger charge is 2.37. The Morgan fingerprint density at radius 3 is 2.86 bits per heavy atom. The van der Waals surface area contributed by atoms with E-state index in [1.807, 2.05) is 0 Å². The fourth-order valence-corrected chi connectivity index (χ4v) is 4.21. The second-order valence-corrected chi connectivity index (χ2v) is 7.60. The molecule has 0 saturated carbocycles. The Balaban J connectivity index is 1.79. The van der Waals surface area contributed by atoms with E-state index in [4.69, 9.17) is 0 Å². The number of aryl methyl sites for hydroxylation is 1. The average molecular weight is 302 g/mol. The second kappa shape index (κ2) is 6.53. The Labute approximate surface area is 134 Å². The number of likely N-dealkylation sites (tertiary alicyclic amines) is 1. The molecule has 0 radical (unpaired) electrons. The first-order valence-corrected chi connectivity index (χ1v) is 8.88. The van der Waals surface area contributed by atoms with Crippen molar-refractivity contribution in [2.24, 2.45) is 5.41 Å². The summed E-state index contributed by atoms with van der Waals surface area (Å²) in [5.74, 6) is 2.37.